The Balaban J connectivity index is 1.36. The van der Waals surface area contributed by atoms with Crippen molar-refractivity contribution in [3.63, 3.8) is 0 Å². The third-order valence-electron chi connectivity index (χ3n) is 11.2. The van der Waals surface area contributed by atoms with E-state index in [0.717, 1.165) is 47.6 Å². The molecule has 1 fully saturated rings. The van der Waals surface area contributed by atoms with Gasteiger partial charge in [0.25, 0.3) is 0 Å². The summed E-state index contributed by atoms with van der Waals surface area (Å²) in [6.45, 7) is 7.40. The molecule has 0 saturated heterocycles. The number of benzene rings is 3. The second-order valence-electron chi connectivity index (χ2n) is 13.5. The van der Waals surface area contributed by atoms with Gasteiger partial charge >= 0.3 is 0 Å². The number of rotatable bonds is 6. The van der Waals surface area contributed by atoms with E-state index in [4.69, 9.17) is 23.7 Å². The van der Waals surface area contributed by atoms with E-state index in [-0.39, 0.29) is 18.4 Å². The van der Waals surface area contributed by atoms with Crippen LogP contribution in [-0.2, 0) is 4.74 Å². The fourth-order valence-corrected chi connectivity index (χ4v) is 8.82. The Kier molecular flexibility index (Phi) is 7.04. The Labute approximate surface area is 255 Å². The molecule has 6 nitrogen and oxygen atoms in total. The van der Waals surface area contributed by atoms with E-state index in [1.54, 1.807) is 19.8 Å². The van der Waals surface area contributed by atoms with Gasteiger partial charge in [0.15, 0.2) is 23.0 Å². The quantitative estimate of drug-likeness (QED) is 0.271. The molecule has 0 aromatic heterocycles. The predicted octanol–water partition coefficient (Wildman–Crippen LogP) is 8.56. The van der Waals surface area contributed by atoms with Crippen LogP contribution < -0.4 is 23.8 Å². The van der Waals surface area contributed by atoms with Crippen LogP contribution in [0, 0.1) is 23.7 Å². The Hall–Kier alpha value is -3.38. The Morgan fingerprint density at radius 2 is 1.74 bits per heavy atom. The second-order valence-corrected chi connectivity index (χ2v) is 13.5. The molecule has 43 heavy (non-hydrogen) atoms. The summed E-state index contributed by atoms with van der Waals surface area (Å²) in [6.07, 6.45) is 8.23. The zero-order chi connectivity index (χ0) is 30.0. The molecular weight excluding hydrogens is 538 g/mol. The van der Waals surface area contributed by atoms with Crippen LogP contribution in [0.25, 0.3) is 21.9 Å². The lowest BCUT2D eigenvalue weighted by molar-refractivity contribution is -0.108. The molecule has 2 aliphatic carbocycles. The molecule has 0 unspecified atom stereocenters. The Bertz CT molecular complexity index is 1590. The monoisotopic (exact) mass is 583 g/mol. The van der Waals surface area contributed by atoms with Crippen LogP contribution in [0.15, 0.2) is 48.0 Å². The van der Waals surface area contributed by atoms with E-state index < -0.39 is 0 Å². The highest BCUT2D eigenvalue weighted by atomic mass is 16.7. The van der Waals surface area contributed by atoms with Crippen LogP contribution in [0.1, 0.15) is 64.5 Å². The largest absolute Gasteiger partial charge is 0.493 e. The molecule has 3 aromatic rings. The maximum Gasteiger partial charge on any atom is 0.231 e. The standard InChI is InChI=1S/C37H45NO5/c1-21(2)24-14-15-37(3,41-7)29-12-8-22(16-28(24)29)17-30-34-25(11-13-31(39-5)36(34)40-6)26-10-9-23-18-32-33(43-20-42-32)19-27(23)35(26)38(30)4/h9-11,13,16,18-19,21,24,28-30H,8,12,14-15,17,20H2,1-7H3/t24-,28-,29+,30+,37-/m0/s1. The number of nitrogens with zero attached hydrogens (tertiary/aromatic N) is 1. The van der Waals surface area contributed by atoms with E-state index in [2.05, 4.69) is 69.1 Å². The van der Waals surface area contributed by atoms with Crippen LogP contribution in [0.3, 0.4) is 0 Å². The molecule has 0 N–H and O–H groups in total. The first-order valence-corrected chi connectivity index (χ1v) is 15.9. The number of hydrogen-bond donors (Lipinski definition) is 0. The van der Waals surface area contributed by atoms with E-state index in [0.29, 0.717) is 23.7 Å². The van der Waals surface area contributed by atoms with Crippen LogP contribution in [0.4, 0.5) is 5.69 Å². The summed E-state index contributed by atoms with van der Waals surface area (Å²) in [6, 6.07) is 13.0. The lowest BCUT2D eigenvalue weighted by Gasteiger charge is -2.51. The molecule has 1 saturated carbocycles. The minimum Gasteiger partial charge on any atom is -0.493 e. The van der Waals surface area contributed by atoms with Gasteiger partial charge in [0.05, 0.1) is 31.5 Å². The van der Waals surface area contributed by atoms with E-state index in [9.17, 15) is 0 Å². The third-order valence-corrected chi connectivity index (χ3v) is 11.2. The van der Waals surface area contributed by atoms with Gasteiger partial charge in [-0.25, -0.2) is 0 Å². The van der Waals surface area contributed by atoms with Crippen LogP contribution in [0.5, 0.6) is 23.0 Å². The second kappa shape index (κ2) is 10.7. The fourth-order valence-electron chi connectivity index (χ4n) is 8.82. The summed E-state index contributed by atoms with van der Waals surface area (Å²) in [4.78, 5) is 2.47. The van der Waals surface area contributed by atoms with Crippen molar-refractivity contribution in [1.29, 1.82) is 0 Å². The van der Waals surface area contributed by atoms with Crippen molar-refractivity contribution in [2.24, 2.45) is 23.7 Å². The molecule has 3 aromatic carbocycles. The minimum atomic E-state index is -0.0488. The van der Waals surface area contributed by atoms with E-state index in [1.165, 1.54) is 40.6 Å². The topological polar surface area (TPSA) is 49.4 Å². The first kappa shape index (κ1) is 28.4. The SMILES string of the molecule is COc1ccc2c(c1OC)[C@@H](CC1=C[C@@H]3[C@@H](CC1)[C@@](C)(OC)CC[C@H]3C(C)C)N(C)c1c-2ccc2cc3c(cc12)OCO3. The van der Waals surface area contributed by atoms with E-state index in [1.807, 2.05) is 13.2 Å². The number of allylic oxidation sites excluding steroid dienone is 1. The number of hydrogen-bond acceptors (Lipinski definition) is 6. The minimum absolute atomic E-state index is 0.0488. The molecule has 0 amide bonds. The smallest absolute Gasteiger partial charge is 0.231 e. The predicted molar refractivity (Wildman–Crippen MR) is 172 cm³/mol. The molecule has 7 rings (SSSR count). The maximum atomic E-state index is 6.21. The third kappa shape index (κ3) is 4.39. The van der Waals surface area contributed by atoms with Crippen LogP contribution >= 0.6 is 0 Å². The van der Waals surface area contributed by atoms with Crippen molar-refractivity contribution >= 4 is 16.5 Å². The highest BCUT2D eigenvalue weighted by Gasteiger charge is 2.48. The van der Waals surface area contributed by atoms with Gasteiger partial charge in [0.1, 0.15) is 0 Å². The molecule has 6 heteroatoms. The summed E-state index contributed by atoms with van der Waals surface area (Å²) in [5.74, 6) is 5.65. The van der Waals surface area contributed by atoms with Gasteiger partial charge < -0.3 is 28.6 Å². The van der Waals surface area contributed by atoms with Gasteiger partial charge in [0.2, 0.25) is 6.79 Å². The van der Waals surface area contributed by atoms with Crippen LogP contribution in [-0.4, -0.2) is 40.8 Å². The molecule has 2 heterocycles. The van der Waals surface area contributed by atoms with Gasteiger partial charge in [-0.1, -0.05) is 37.6 Å². The molecule has 2 aliphatic heterocycles. The maximum absolute atomic E-state index is 6.21. The highest BCUT2D eigenvalue weighted by molar-refractivity contribution is 6.05. The van der Waals surface area contributed by atoms with Gasteiger partial charge in [-0.3, -0.25) is 0 Å². The highest BCUT2D eigenvalue weighted by Crippen LogP contribution is 2.57. The lowest BCUT2D eigenvalue weighted by Crippen LogP contribution is -2.49. The molecule has 4 aliphatic rings. The summed E-state index contributed by atoms with van der Waals surface area (Å²) in [7, 11) is 7.63. The zero-order valence-corrected chi connectivity index (χ0v) is 26.7. The molecule has 0 radical (unpaired) electrons. The summed E-state index contributed by atoms with van der Waals surface area (Å²) >= 11 is 0. The number of fused-ring (bicyclic) bond motifs is 7. The average Bonchev–Trinajstić information content (AvgIpc) is 3.48. The Morgan fingerprint density at radius 1 is 0.977 bits per heavy atom. The van der Waals surface area contributed by atoms with Crippen molar-refractivity contribution < 1.29 is 23.7 Å². The van der Waals surface area contributed by atoms with E-state index >= 15 is 0 Å². The fraction of sp³-hybridized carbons (Fsp3) is 0.514. The summed E-state index contributed by atoms with van der Waals surface area (Å²) in [5, 5.41) is 2.33. The van der Waals surface area contributed by atoms with Crippen molar-refractivity contribution in [3.8, 4) is 34.1 Å². The van der Waals surface area contributed by atoms with Crippen molar-refractivity contribution in [3.05, 3.63) is 53.6 Å². The Morgan fingerprint density at radius 3 is 2.47 bits per heavy atom. The first-order chi connectivity index (χ1) is 20.8. The number of anilines is 1. The lowest BCUT2D eigenvalue weighted by atomic mass is 9.58. The van der Waals surface area contributed by atoms with Gasteiger partial charge in [-0.2, -0.15) is 0 Å². The number of methoxy groups -OCH3 is 3. The summed E-state index contributed by atoms with van der Waals surface area (Å²) < 4.78 is 29.7. The summed E-state index contributed by atoms with van der Waals surface area (Å²) in [5.41, 5.74) is 6.31. The molecular formula is C37H45NO5. The molecule has 228 valence electrons. The number of ether oxygens (including phenoxy) is 5. The zero-order valence-electron chi connectivity index (χ0n) is 26.7. The van der Waals surface area contributed by atoms with Gasteiger partial charge in [-0.15, -0.1) is 0 Å². The normalized spacial score (nSPS) is 27.4. The van der Waals surface area contributed by atoms with Crippen molar-refractivity contribution in [1.82, 2.24) is 0 Å². The molecule has 0 spiro atoms. The molecule has 5 atom stereocenters. The van der Waals surface area contributed by atoms with Crippen molar-refractivity contribution in [2.45, 2.75) is 64.5 Å². The van der Waals surface area contributed by atoms with Crippen LogP contribution in [0.2, 0.25) is 0 Å². The molecule has 0 bridgehead atoms. The van der Waals surface area contributed by atoms with Gasteiger partial charge in [0, 0.05) is 30.7 Å². The average molecular weight is 584 g/mol. The van der Waals surface area contributed by atoms with Gasteiger partial charge in [-0.05, 0) is 97.9 Å². The first-order valence-electron chi connectivity index (χ1n) is 15.9. The van der Waals surface area contributed by atoms with Crippen molar-refractivity contribution in [2.75, 3.05) is 40.1 Å².